The second-order valence-electron chi connectivity index (χ2n) is 5.99. The monoisotopic (exact) mass is 318 g/mol. The summed E-state index contributed by atoms with van der Waals surface area (Å²) in [4.78, 5) is 16.0. The van der Waals surface area contributed by atoms with Crippen molar-refractivity contribution in [2.24, 2.45) is 5.92 Å². The van der Waals surface area contributed by atoms with Crippen molar-refractivity contribution < 1.29 is 9.21 Å². The number of nitrogens with one attached hydrogen (secondary N) is 1. The molecule has 22 heavy (non-hydrogen) atoms. The molecule has 4 nitrogen and oxygen atoms in total. The van der Waals surface area contributed by atoms with Crippen LogP contribution in [0.5, 0.6) is 0 Å². The lowest BCUT2D eigenvalue weighted by Gasteiger charge is -2.38. The van der Waals surface area contributed by atoms with Crippen LogP contribution >= 0.6 is 11.3 Å². The lowest BCUT2D eigenvalue weighted by atomic mass is 9.88. The van der Waals surface area contributed by atoms with Crippen LogP contribution in [0, 0.1) is 12.8 Å². The zero-order valence-corrected chi connectivity index (χ0v) is 13.9. The van der Waals surface area contributed by atoms with Gasteiger partial charge in [-0.2, -0.15) is 0 Å². The summed E-state index contributed by atoms with van der Waals surface area (Å²) in [5.74, 6) is 0.758. The fraction of sp³-hybridized carbons (Fsp3) is 0.471. The molecule has 2 atom stereocenters. The maximum atomic E-state index is 12.2. The Morgan fingerprint density at radius 2 is 2.36 bits per heavy atom. The molecule has 1 aliphatic rings. The number of hydrogen-bond acceptors (Lipinski definition) is 4. The Labute approximate surface area is 135 Å². The van der Waals surface area contributed by atoms with Gasteiger partial charge in [-0.05, 0) is 56.8 Å². The van der Waals surface area contributed by atoms with E-state index in [1.807, 2.05) is 13.0 Å². The summed E-state index contributed by atoms with van der Waals surface area (Å²) in [6, 6.07) is 6.51. The Hall–Kier alpha value is -1.59. The van der Waals surface area contributed by atoms with Crippen LogP contribution in [0.3, 0.4) is 0 Å². The highest BCUT2D eigenvalue weighted by Crippen LogP contribution is 2.36. The molecule has 1 N–H and O–H groups in total. The van der Waals surface area contributed by atoms with Crippen LogP contribution in [0.2, 0.25) is 0 Å². The SMILES string of the molecule is Cc1ccoc1C(=O)NC[C@@H]1CCCN(C)[C@H]1c1cccs1. The quantitative estimate of drug-likeness (QED) is 0.939. The number of carbonyl (C=O) groups is 1. The minimum absolute atomic E-state index is 0.111. The summed E-state index contributed by atoms with van der Waals surface area (Å²) in [6.07, 6.45) is 3.89. The predicted molar refractivity (Wildman–Crippen MR) is 88.2 cm³/mol. The summed E-state index contributed by atoms with van der Waals surface area (Å²) < 4.78 is 5.27. The van der Waals surface area contributed by atoms with Crippen molar-refractivity contribution in [2.45, 2.75) is 25.8 Å². The van der Waals surface area contributed by atoms with Crippen molar-refractivity contribution in [3.8, 4) is 0 Å². The molecule has 1 aliphatic heterocycles. The summed E-state index contributed by atoms with van der Waals surface area (Å²) in [5, 5.41) is 5.18. The van der Waals surface area contributed by atoms with Gasteiger partial charge in [0.1, 0.15) is 0 Å². The van der Waals surface area contributed by atoms with Gasteiger partial charge >= 0.3 is 0 Å². The Bertz CT molecular complexity index is 620. The molecule has 2 aromatic heterocycles. The largest absolute Gasteiger partial charge is 0.459 e. The molecule has 1 amide bonds. The molecule has 3 heterocycles. The normalized spacial score (nSPS) is 22.6. The lowest BCUT2D eigenvalue weighted by molar-refractivity contribution is 0.0869. The van der Waals surface area contributed by atoms with E-state index in [4.69, 9.17) is 4.42 Å². The molecule has 1 fully saturated rings. The van der Waals surface area contributed by atoms with E-state index in [0.717, 1.165) is 18.5 Å². The second kappa shape index (κ2) is 6.67. The van der Waals surface area contributed by atoms with E-state index < -0.39 is 0 Å². The van der Waals surface area contributed by atoms with Crippen LogP contribution in [0.1, 0.15) is 39.9 Å². The second-order valence-corrected chi connectivity index (χ2v) is 6.97. The Morgan fingerprint density at radius 1 is 1.50 bits per heavy atom. The van der Waals surface area contributed by atoms with Crippen molar-refractivity contribution in [3.63, 3.8) is 0 Å². The first-order chi connectivity index (χ1) is 10.7. The van der Waals surface area contributed by atoms with E-state index in [0.29, 0.717) is 24.3 Å². The number of carbonyl (C=O) groups excluding carboxylic acids is 1. The summed E-state index contributed by atoms with van der Waals surface area (Å²) in [5.41, 5.74) is 0.882. The van der Waals surface area contributed by atoms with E-state index in [1.54, 1.807) is 17.6 Å². The van der Waals surface area contributed by atoms with Gasteiger partial charge in [0.05, 0.1) is 6.26 Å². The molecule has 3 rings (SSSR count). The van der Waals surface area contributed by atoms with Gasteiger partial charge in [0, 0.05) is 23.0 Å². The van der Waals surface area contributed by atoms with Crippen LogP contribution in [0.4, 0.5) is 0 Å². The van der Waals surface area contributed by atoms with Crippen LogP contribution in [0.25, 0.3) is 0 Å². The molecule has 1 saturated heterocycles. The molecule has 0 aliphatic carbocycles. The first-order valence-corrected chi connectivity index (χ1v) is 8.60. The number of furan rings is 1. The average molecular weight is 318 g/mol. The fourth-order valence-corrected chi connectivity index (χ4v) is 4.28. The number of thiophene rings is 1. The molecule has 0 aromatic carbocycles. The van der Waals surface area contributed by atoms with Gasteiger partial charge in [0.25, 0.3) is 5.91 Å². The highest BCUT2D eigenvalue weighted by Gasteiger charge is 2.31. The number of piperidine rings is 1. The average Bonchev–Trinajstić information content (AvgIpc) is 3.16. The van der Waals surface area contributed by atoms with Gasteiger partial charge in [0.15, 0.2) is 5.76 Å². The van der Waals surface area contributed by atoms with Gasteiger partial charge in [-0.15, -0.1) is 11.3 Å². The van der Waals surface area contributed by atoms with Gasteiger partial charge in [0.2, 0.25) is 0 Å². The van der Waals surface area contributed by atoms with E-state index in [-0.39, 0.29) is 5.91 Å². The number of nitrogens with zero attached hydrogens (tertiary/aromatic N) is 1. The van der Waals surface area contributed by atoms with Crippen LogP contribution < -0.4 is 5.32 Å². The minimum atomic E-state index is -0.111. The number of rotatable bonds is 4. The molecular formula is C17H22N2O2S. The van der Waals surface area contributed by atoms with Crippen molar-refractivity contribution in [2.75, 3.05) is 20.1 Å². The third-order valence-electron chi connectivity index (χ3n) is 4.43. The van der Waals surface area contributed by atoms with Crippen molar-refractivity contribution in [3.05, 3.63) is 46.0 Å². The third-order valence-corrected chi connectivity index (χ3v) is 5.38. The molecule has 5 heteroatoms. The Morgan fingerprint density at radius 3 is 3.05 bits per heavy atom. The number of hydrogen-bond donors (Lipinski definition) is 1. The Balaban J connectivity index is 1.67. The van der Waals surface area contributed by atoms with Gasteiger partial charge in [-0.1, -0.05) is 6.07 Å². The molecule has 118 valence electrons. The van der Waals surface area contributed by atoms with Crippen LogP contribution in [-0.4, -0.2) is 30.9 Å². The number of aryl methyl sites for hydroxylation is 1. The highest BCUT2D eigenvalue weighted by atomic mass is 32.1. The van der Waals surface area contributed by atoms with Crippen LogP contribution in [0.15, 0.2) is 34.3 Å². The third kappa shape index (κ3) is 3.10. The van der Waals surface area contributed by atoms with E-state index in [9.17, 15) is 4.79 Å². The fourth-order valence-electron chi connectivity index (χ4n) is 3.29. The molecule has 2 aromatic rings. The first-order valence-electron chi connectivity index (χ1n) is 7.72. The standard InChI is InChI=1S/C17H22N2O2S/c1-12-7-9-21-16(12)17(20)18-11-13-5-3-8-19(2)15(13)14-6-4-10-22-14/h4,6-7,9-10,13,15H,3,5,8,11H2,1-2H3,(H,18,20)/t13-,15+/m0/s1. The maximum absolute atomic E-state index is 12.2. The molecule has 0 radical (unpaired) electrons. The van der Waals surface area contributed by atoms with Crippen molar-refractivity contribution in [1.82, 2.24) is 10.2 Å². The molecule has 0 saturated carbocycles. The minimum Gasteiger partial charge on any atom is -0.459 e. The van der Waals surface area contributed by atoms with Crippen molar-refractivity contribution >= 4 is 17.2 Å². The number of likely N-dealkylation sites (tertiary alicyclic amines) is 1. The molecule has 0 unspecified atom stereocenters. The van der Waals surface area contributed by atoms with E-state index >= 15 is 0 Å². The predicted octanol–water partition coefficient (Wildman–Crippen LogP) is 3.46. The van der Waals surface area contributed by atoms with Crippen molar-refractivity contribution in [1.29, 1.82) is 0 Å². The topological polar surface area (TPSA) is 45.5 Å². The molecule has 0 spiro atoms. The maximum Gasteiger partial charge on any atom is 0.287 e. The van der Waals surface area contributed by atoms with Gasteiger partial charge in [-0.3, -0.25) is 9.69 Å². The van der Waals surface area contributed by atoms with Crippen LogP contribution in [-0.2, 0) is 0 Å². The lowest BCUT2D eigenvalue weighted by Crippen LogP contribution is -2.41. The summed E-state index contributed by atoms with van der Waals surface area (Å²) in [7, 11) is 2.18. The zero-order chi connectivity index (χ0) is 15.5. The number of amides is 1. The smallest absolute Gasteiger partial charge is 0.287 e. The summed E-state index contributed by atoms with van der Waals surface area (Å²) >= 11 is 1.80. The Kier molecular flexibility index (Phi) is 4.64. The molecule has 0 bridgehead atoms. The summed E-state index contributed by atoms with van der Waals surface area (Å²) in [6.45, 7) is 3.69. The molecular weight excluding hydrogens is 296 g/mol. The first kappa shape index (κ1) is 15.3. The zero-order valence-electron chi connectivity index (χ0n) is 13.0. The van der Waals surface area contributed by atoms with E-state index in [2.05, 4.69) is 34.8 Å². The van der Waals surface area contributed by atoms with Gasteiger partial charge in [-0.25, -0.2) is 0 Å². The van der Waals surface area contributed by atoms with E-state index in [1.165, 1.54) is 11.3 Å². The van der Waals surface area contributed by atoms with Gasteiger partial charge < -0.3 is 9.73 Å². The highest BCUT2D eigenvalue weighted by molar-refractivity contribution is 7.10.